The number of nitrogens with zero attached hydrogens (tertiary/aromatic N) is 3. The number of likely N-dealkylation sites (N-methyl/N-ethyl adjacent to an activating group) is 2. The van der Waals surface area contributed by atoms with Crippen LogP contribution < -0.4 is 5.32 Å². The summed E-state index contributed by atoms with van der Waals surface area (Å²) < 4.78 is 0. The Morgan fingerprint density at radius 1 is 1.24 bits per heavy atom. The highest BCUT2D eigenvalue weighted by molar-refractivity contribution is 5.82. The first-order valence-corrected chi connectivity index (χ1v) is 6.63. The molecule has 1 atom stereocenters. The number of nitrogens with one attached hydrogen (secondary N) is 1. The van der Waals surface area contributed by atoms with Gasteiger partial charge in [-0.05, 0) is 13.6 Å². The average Bonchev–Trinajstić information content (AvgIpc) is 2.38. The molecule has 2 heterocycles. The topological polar surface area (TPSA) is 38.8 Å². The quantitative estimate of drug-likeness (QED) is 0.676. The summed E-state index contributed by atoms with van der Waals surface area (Å²) in [6.07, 6.45) is 0. The van der Waals surface area contributed by atoms with E-state index >= 15 is 0 Å². The van der Waals surface area contributed by atoms with Crippen LogP contribution in [-0.2, 0) is 4.79 Å². The Labute approximate surface area is 104 Å². The minimum atomic E-state index is 0.00178. The number of hydrogen-bond donors (Lipinski definition) is 1. The molecular weight excluding hydrogens is 216 g/mol. The number of carbonyl (C=O) groups is 1. The van der Waals surface area contributed by atoms with Crippen LogP contribution in [0.15, 0.2) is 0 Å². The molecule has 1 N–H and O–H groups in total. The molecule has 17 heavy (non-hydrogen) atoms. The smallest absolute Gasteiger partial charge is 0.241 e. The molecule has 5 heteroatoms. The van der Waals surface area contributed by atoms with Gasteiger partial charge in [0.15, 0.2) is 0 Å². The van der Waals surface area contributed by atoms with Crippen molar-refractivity contribution < 1.29 is 4.79 Å². The van der Waals surface area contributed by atoms with Crippen molar-refractivity contribution >= 4 is 5.91 Å². The maximum absolute atomic E-state index is 12.3. The minimum Gasteiger partial charge on any atom is -0.339 e. The Kier molecular flexibility index (Phi) is 4.36. The summed E-state index contributed by atoms with van der Waals surface area (Å²) in [7, 11) is 2.08. The standard InChI is InChI=1S/C12H24N4O/c1-3-15-6-8-16(9-7-15)12(17)11-10-14(2)5-4-13-11/h11,13H,3-10H2,1-2H3. The second kappa shape index (κ2) is 5.80. The van der Waals surface area contributed by atoms with E-state index in [-0.39, 0.29) is 11.9 Å². The molecule has 0 saturated carbocycles. The lowest BCUT2D eigenvalue weighted by atomic mass is 10.1. The van der Waals surface area contributed by atoms with E-state index in [1.807, 2.05) is 4.90 Å². The molecule has 1 amide bonds. The number of piperazine rings is 2. The highest BCUT2D eigenvalue weighted by Gasteiger charge is 2.29. The Morgan fingerprint density at radius 3 is 2.53 bits per heavy atom. The van der Waals surface area contributed by atoms with Gasteiger partial charge in [-0.2, -0.15) is 0 Å². The van der Waals surface area contributed by atoms with Gasteiger partial charge in [-0.25, -0.2) is 0 Å². The number of hydrogen-bond acceptors (Lipinski definition) is 4. The van der Waals surface area contributed by atoms with Gasteiger partial charge in [0, 0.05) is 45.8 Å². The van der Waals surface area contributed by atoms with Gasteiger partial charge >= 0.3 is 0 Å². The van der Waals surface area contributed by atoms with Crippen LogP contribution >= 0.6 is 0 Å². The molecular formula is C12H24N4O. The third-order valence-corrected chi connectivity index (χ3v) is 3.81. The first kappa shape index (κ1) is 12.8. The van der Waals surface area contributed by atoms with Gasteiger partial charge in [0.1, 0.15) is 0 Å². The molecule has 2 saturated heterocycles. The second-order valence-electron chi connectivity index (χ2n) is 5.03. The summed E-state index contributed by atoms with van der Waals surface area (Å²) in [5, 5.41) is 3.33. The lowest BCUT2D eigenvalue weighted by molar-refractivity contribution is -0.136. The Morgan fingerprint density at radius 2 is 1.94 bits per heavy atom. The molecule has 0 aromatic heterocycles. The SMILES string of the molecule is CCN1CCN(C(=O)C2CN(C)CCN2)CC1. The van der Waals surface area contributed by atoms with Gasteiger partial charge in [0.25, 0.3) is 0 Å². The van der Waals surface area contributed by atoms with Crippen molar-refractivity contribution in [1.82, 2.24) is 20.0 Å². The Balaban J connectivity index is 1.83. The molecule has 0 bridgehead atoms. The number of amides is 1. The first-order chi connectivity index (χ1) is 8.20. The first-order valence-electron chi connectivity index (χ1n) is 6.63. The van der Waals surface area contributed by atoms with Crippen molar-refractivity contribution in [3.05, 3.63) is 0 Å². The lowest BCUT2D eigenvalue weighted by Crippen LogP contribution is -2.59. The van der Waals surface area contributed by atoms with E-state index < -0.39 is 0 Å². The largest absolute Gasteiger partial charge is 0.339 e. The Bertz CT molecular complexity index is 263. The van der Waals surface area contributed by atoms with Gasteiger partial charge in [0.05, 0.1) is 6.04 Å². The summed E-state index contributed by atoms with van der Waals surface area (Å²) >= 11 is 0. The molecule has 0 spiro atoms. The number of rotatable bonds is 2. The van der Waals surface area contributed by atoms with E-state index in [1.165, 1.54) is 0 Å². The van der Waals surface area contributed by atoms with Crippen LogP contribution in [0.25, 0.3) is 0 Å². The fourth-order valence-electron chi connectivity index (χ4n) is 2.57. The normalized spacial score (nSPS) is 28.4. The molecule has 2 fully saturated rings. The molecule has 0 aromatic carbocycles. The summed E-state index contributed by atoms with van der Waals surface area (Å²) in [4.78, 5) is 18.9. The number of carbonyl (C=O) groups excluding carboxylic acids is 1. The maximum Gasteiger partial charge on any atom is 0.241 e. The van der Waals surface area contributed by atoms with Crippen molar-refractivity contribution in [2.24, 2.45) is 0 Å². The van der Waals surface area contributed by atoms with E-state index in [0.717, 1.165) is 52.4 Å². The zero-order valence-electron chi connectivity index (χ0n) is 11.0. The van der Waals surface area contributed by atoms with Gasteiger partial charge in [-0.1, -0.05) is 6.92 Å². The second-order valence-corrected chi connectivity index (χ2v) is 5.03. The van der Waals surface area contributed by atoms with Crippen molar-refractivity contribution in [2.75, 3.05) is 59.4 Å². The zero-order valence-corrected chi connectivity index (χ0v) is 11.0. The molecule has 2 rings (SSSR count). The molecule has 0 aromatic rings. The van der Waals surface area contributed by atoms with Crippen molar-refractivity contribution in [2.45, 2.75) is 13.0 Å². The predicted octanol–water partition coefficient (Wildman–Crippen LogP) is -0.946. The molecule has 0 aliphatic carbocycles. The molecule has 5 nitrogen and oxygen atoms in total. The van der Waals surface area contributed by atoms with Gasteiger partial charge < -0.3 is 20.0 Å². The molecule has 2 aliphatic rings. The van der Waals surface area contributed by atoms with Crippen molar-refractivity contribution in [3.8, 4) is 0 Å². The van der Waals surface area contributed by atoms with Crippen LogP contribution in [0, 0.1) is 0 Å². The van der Waals surface area contributed by atoms with E-state index in [0.29, 0.717) is 0 Å². The molecule has 0 radical (unpaired) electrons. The average molecular weight is 240 g/mol. The fraction of sp³-hybridized carbons (Fsp3) is 0.917. The fourth-order valence-corrected chi connectivity index (χ4v) is 2.57. The van der Waals surface area contributed by atoms with Crippen molar-refractivity contribution in [1.29, 1.82) is 0 Å². The highest BCUT2D eigenvalue weighted by Crippen LogP contribution is 2.06. The lowest BCUT2D eigenvalue weighted by Gasteiger charge is -2.38. The Hall–Kier alpha value is -0.650. The summed E-state index contributed by atoms with van der Waals surface area (Å²) in [5.41, 5.74) is 0. The third-order valence-electron chi connectivity index (χ3n) is 3.81. The van der Waals surface area contributed by atoms with Crippen LogP contribution in [0.5, 0.6) is 0 Å². The summed E-state index contributed by atoms with van der Waals surface area (Å²) in [6.45, 7) is 9.86. The van der Waals surface area contributed by atoms with Crippen LogP contribution in [-0.4, -0.2) is 86.1 Å². The van der Waals surface area contributed by atoms with Gasteiger partial charge in [-0.3, -0.25) is 4.79 Å². The molecule has 98 valence electrons. The summed E-state index contributed by atoms with van der Waals surface area (Å²) in [6, 6.07) is 0.00178. The van der Waals surface area contributed by atoms with Gasteiger partial charge in [0.2, 0.25) is 5.91 Å². The van der Waals surface area contributed by atoms with Crippen LogP contribution in [0.1, 0.15) is 6.92 Å². The molecule has 2 aliphatic heterocycles. The maximum atomic E-state index is 12.3. The minimum absolute atomic E-state index is 0.00178. The van der Waals surface area contributed by atoms with E-state index in [4.69, 9.17) is 0 Å². The van der Waals surface area contributed by atoms with E-state index in [1.54, 1.807) is 0 Å². The third kappa shape index (κ3) is 3.18. The molecule has 1 unspecified atom stereocenters. The van der Waals surface area contributed by atoms with Crippen LogP contribution in [0.2, 0.25) is 0 Å². The predicted molar refractivity (Wildman–Crippen MR) is 68.0 cm³/mol. The van der Waals surface area contributed by atoms with Crippen molar-refractivity contribution in [3.63, 3.8) is 0 Å². The highest BCUT2D eigenvalue weighted by atomic mass is 16.2. The summed E-state index contributed by atoms with van der Waals surface area (Å²) in [5.74, 6) is 0.285. The zero-order chi connectivity index (χ0) is 12.3. The monoisotopic (exact) mass is 240 g/mol. The van der Waals surface area contributed by atoms with Gasteiger partial charge in [-0.15, -0.1) is 0 Å². The van der Waals surface area contributed by atoms with Crippen LogP contribution in [0.3, 0.4) is 0 Å². The van der Waals surface area contributed by atoms with E-state index in [9.17, 15) is 4.79 Å². The van der Waals surface area contributed by atoms with E-state index in [2.05, 4.69) is 29.1 Å². The van der Waals surface area contributed by atoms with Crippen LogP contribution in [0.4, 0.5) is 0 Å².